The minimum absolute atomic E-state index is 0.104. The number of pyridine rings is 1. The number of oxime groups is 1. The predicted molar refractivity (Wildman–Crippen MR) is 48.2 cm³/mol. The van der Waals surface area contributed by atoms with Gasteiger partial charge in [-0.1, -0.05) is 11.2 Å². The van der Waals surface area contributed by atoms with Crippen molar-refractivity contribution in [3.8, 4) is 0 Å². The molecule has 1 aromatic rings. The standard InChI is InChI=1S/C9H10N2O2/c1-6(11-13)8-4-3-5-9(10-8)7(2)12/h3-5,13H,1-2H3/b11-6-. The first-order valence-electron chi connectivity index (χ1n) is 3.82. The van der Waals surface area contributed by atoms with E-state index in [2.05, 4.69) is 10.1 Å². The van der Waals surface area contributed by atoms with Crippen LogP contribution in [0.2, 0.25) is 0 Å². The summed E-state index contributed by atoms with van der Waals surface area (Å²) in [5.74, 6) is -0.104. The molecule has 1 rings (SSSR count). The Balaban J connectivity index is 3.13. The van der Waals surface area contributed by atoms with Crippen molar-refractivity contribution < 1.29 is 10.0 Å². The average molecular weight is 178 g/mol. The monoisotopic (exact) mass is 178 g/mol. The van der Waals surface area contributed by atoms with Crippen LogP contribution in [-0.2, 0) is 0 Å². The number of aromatic nitrogens is 1. The van der Waals surface area contributed by atoms with E-state index in [1.807, 2.05) is 0 Å². The van der Waals surface area contributed by atoms with Crippen LogP contribution >= 0.6 is 0 Å². The maximum Gasteiger partial charge on any atom is 0.178 e. The van der Waals surface area contributed by atoms with Crippen LogP contribution in [0.25, 0.3) is 0 Å². The number of carbonyl (C=O) groups excluding carboxylic acids is 1. The van der Waals surface area contributed by atoms with Crippen LogP contribution in [0.3, 0.4) is 0 Å². The van der Waals surface area contributed by atoms with Crippen molar-refractivity contribution in [2.75, 3.05) is 0 Å². The smallest absolute Gasteiger partial charge is 0.178 e. The lowest BCUT2D eigenvalue weighted by Crippen LogP contribution is -2.03. The molecule has 0 saturated heterocycles. The molecule has 0 bridgehead atoms. The molecular weight excluding hydrogens is 168 g/mol. The van der Waals surface area contributed by atoms with E-state index < -0.39 is 0 Å². The summed E-state index contributed by atoms with van der Waals surface area (Å²) in [4.78, 5) is 14.9. The number of ketones is 1. The molecule has 0 atom stereocenters. The molecule has 0 saturated carbocycles. The fraction of sp³-hybridized carbons (Fsp3) is 0.222. The van der Waals surface area contributed by atoms with Crippen LogP contribution in [0, 0.1) is 0 Å². The Labute approximate surface area is 75.9 Å². The van der Waals surface area contributed by atoms with Crippen molar-refractivity contribution in [3.63, 3.8) is 0 Å². The molecule has 0 spiro atoms. The van der Waals surface area contributed by atoms with Gasteiger partial charge in [0.25, 0.3) is 0 Å². The minimum atomic E-state index is -0.104. The maximum atomic E-state index is 10.9. The lowest BCUT2D eigenvalue weighted by Gasteiger charge is -1.99. The van der Waals surface area contributed by atoms with Gasteiger partial charge in [0.2, 0.25) is 0 Å². The van der Waals surface area contributed by atoms with Crippen LogP contribution in [-0.4, -0.2) is 21.7 Å². The summed E-state index contributed by atoms with van der Waals surface area (Å²) in [5, 5.41) is 11.5. The molecular formula is C9H10N2O2. The van der Waals surface area contributed by atoms with E-state index in [4.69, 9.17) is 5.21 Å². The first-order valence-corrected chi connectivity index (χ1v) is 3.82. The molecule has 0 aliphatic rings. The molecule has 68 valence electrons. The Morgan fingerprint density at radius 2 is 2.00 bits per heavy atom. The maximum absolute atomic E-state index is 10.9. The van der Waals surface area contributed by atoms with Crippen molar-refractivity contribution in [1.29, 1.82) is 0 Å². The SMILES string of the molecule is CC(=O)c1cccc(/C(C)=N\O)n1. The van der Waals surface area contributed by atoms with E-state index in [-0.39, 0.29) is 5.78 Å². The van der Waals surface area contributed by atoms with Crippen LogP contribution in [0.1, 0.15) is 30.0 Å². The highest BCUT2D eigenvalue weighted by molar-refractivity contribution is 5.98. The lowest BCUT2D eigenvalue weighted by molar-refractivity contribution is 0.101. The molecule has 1 N–H and O–H groups in total. The molecule has 4 heteroatoms. The molecule has 0 aliphatic carbocycles. The number of nitrogens with zero attached hydrogens (tertiary/aromatic N) is 2. The topological polar surface area (TPSA) is 62.5 Å². The van der Waals surface area contributed by atoms with Gasteiger partial charge >= 0.3 is 0 Å². The molecule has 4 nitrogen and oxygen atoms in total. The van der Waals surface area contributed by atoms with E-state index in [0.717, 1.165) is 0 Å². The lowest BCUT2D eigenvalue weighted by atomic mass is 10.2. The highest BCUT2D eigenvalue weighted by Crippen LogP contribution is 2.01. The average Bonchev–Trinajstić information content (AvgIpc) is 2.17. The van der Waals surface area contributed by atoms with Gasteiger partial charge in [0.1, 0.15) is 11.4 Å². The predicted octanol–water partition coefficient (Wildman–Crippen LogP) is 1.48. The summed E-state index contributed by atoms with van der Waals surface area (Å²) in [7, 11) is 0. The highest BCUT2D eigenvalue weighted by atomic mass is 16.4. The Morgan fingerprint density at radius 3 is 2.54 bits per heavy atom. The fourth-order valence-electron chi connectivity index (χ4n) is 0.884. The van der Waals surface area contributed by atoms with Crippen molar-refractivity contribution >= 4 is 11.5 Å². The van der Waals surface area contributed by atoms with Crippen LogP contribution in [0.4, 0.5) is 0 Å². The summed E-state index contributed by atoms with van der Waals surface area (Å²) in [6, 6.07) is 5.01. The number of hydrogen-bond donors (Lipinski definition) is 1. The van der Waals surface area contributed by atoms with E-state index in [1.165, 1.54) is 6.92 Å². The van der Waals surface area contributed by atoms with Gasteiger partial charge in [-0.2, -0.15) is 0 Å². The second kappa shape index (κ2) is 3.80. The largest absolute Gasteiger partial charge is 0.411 e. The van der Waals surface area contributed by atoms with Crippen LogP contribution in [0.5, 0.6) is 0 Å². The molecule has 0 unspecified atom stereocenters. The highest BCUT2D eigenvalue weighted by Gasteiger charge is 2.04. The quantitative estimate of drug-likeness (QED) is 0.323. The summed E-state index contributed by atoms with van der Waals surface area (Å²) < 4.78 is 0. The third-order valence-electron chi connectivity index (χ3n) is 1.63. The Hall–Kier alpha value is -1.71. The molecule has 0 aliphatic heterocycles. The van der Waals surface area contributed by atoms with Gasteiger partial charge < -0.3 is 5.21 Å². The second-order valence-electron chi connectivity index (χ2n) is 2.65. The van der Waals surface area contributed by atoms with Gasteiger partial charge in [0, 0.05) is 6.92 Å². The Bertz CT molecular complexity index is 358. The second-order valence-corrected chi connectivity index (χ2v) is 2.65. The summed E-state index contributed by atoms with van der Waals surface area (Å²) in [5.41, 5.74) is 1.28. The zero-order valence-corrected chi connectivity index (χ0v) is 7.48. The summed E-state index contributed by atoms with van der Waals surface area (Å²) in [6.45, 7) is 3.06. The zero-order valence-electron chi connectivity index (χ0n) is 7.48. The normalized spacial score (nSPS) is 11.4. The minimum Gasteiger partial charge on any atom is -0.411 e. The van der Waals surface area contributed by atoms with E-state index >= 15 is 0 Å². The first-order chi connectivity index (χ1) is 6.15. The van der Waals surface area contributed by atoms with Gasteiger partial charge in [0.05, 0.1) is 5.69 Å². The van der Waals surface area contributed by atoms with Crippen molar-refractivity contribution in [2.24, 2.45) is 5.16 Å². The third kappa shape index (κ3) is 2.11. The number of Topliss-reactive ketones (excluding diaryl/α,β-unsaturated/α-hetero) is 1. The van der Waals surface area contributed by atoms with Gasteiger partial charge in [-0.25, -0.2) is 4.98 Å². The number of rotatable bonds is 2. The number of carbonyl (C=O) groups is 1. The van der Waals surface area contributed by atoms with Gasteiger partial charge in [-0.3, -0.25) is 4.79 Å². The fourth-order valence-corrected chi connectivity index (χ4v) is 0.884. The first kappa shape index (κ1) is 9.38. The molecule has 1 heterocycles. The molecule has 0 fully saturated rings. The summed E-state index contributed by atoms with van der Waals surface area (Å²) in [6.07, 6.45) is 0. The van der Waals surface area contributed by atoms with Gasteiger partial charge in [-0.15, -0.1) is 0 Å². The molecule has 1 aromatic heterocycles. The van der Waals surface area contributed by atoms with Crippen LogP contribution in [0.15, 0.2) is 23.4 Å². The molecule has 0 amide bonds. The van der Waals surface area contributed by atoms with E-state index in [1.54, 1.807) is 25.1 Å². The van der Waals surface area contributed by atoms with Crippen molar-refractivity contribution in [3.05, 3.63) is 29.6 Å². The van der Waals surface area contributed by atoms with Crippen molar-refractivity contribution in [1.82, 2.24) is 4.98 Å². The van der Waals surface area contributed by atoms with Crippen molar-refractivity contribution in [2.45, 2.75) is 13.8 Å². The van der Waals surface area contributed by atoms with Gasteiger partial charge in [-0.05, 0) is 19.1 Å². The molecule has 0 radical (unpaired) electrons. The van der Waals surface area contributed by atoms with Gasteiger partial charge in [0.15, 0.2) is 5.78 Å². The number of hydrogen-bond acceptors (Lipinski definition) is 4. The van der Waals surface area contributed by atoms with E-state index in [0.29, 0.717) is 17.1 Å². The zero-order chi connectivity index (χ0) is 9.84. The molecule has 13 heavy (non-hydrogen) atoms. The Morgan fingerprint density at radius 1 is 1.38 bits per heavy atom. The Kier molecular flexibility index (Phi) is 2.74. The third-order valence-corrected chi connectivity index (χ3v) is 1.63. The van der Waals surface area contributed by atoms with E-state index in [9.17, 15) is 4.79 Å². The summed E-state index contributed by atoms with van der Waals surface area (Å²) >= 11 is 0. The van der Waals surface area contributed by atoms with Crippen LogP contribution < -0.4 is 0 Å². The molecule has 0 aromatic carbocycles.